The fraction of sp³-hybridized carbons (Fsp3) is 0.292. The van der Waals surface area contributed by atoms with Crippen molar-refractivity contribution in [2.24, 2.45) is 0 Å². The molecule has 2 aromatic carbocycles. The van der Waals surface area contributed by atoms with Crippen LogP contribution >= 0.6 is 0 Å². The Balaban J connectivity index is 1.77. The van der Waals surface area contributed by atoms with E-state index in [9.17, 15) is 9.59 Å². The average Bonchev–Trinajstić information content (AvgIpc) is 2.76. The van der Waals surface area contributed by atoms with Crippen molar-refractivity contribution < 1.29 is 14.3 Å². The van der Waals surface area contributed by atoms with Crippen LogP contribution in [0.1, 0.15) is 47.1 Å². The Labute approximate surface area is 171 Å². The molecule has 1 heterocycles. The lowest BCUT2D eigenvalue weighted by molar-refractivity contribution is -0.135. The second kappa shape index (κ2) is 8.86. The topological polar surface area (TPSA) is 59.5 Å². The Morgan fingerprint density at radius 2 is 1.72 bits per heavy atom. The number of hydrogen-bond donors (Lipinski definition) is 0. The number of ether oxygens (including phenoxy) is 1. The van der Waals surface area contributed by atoms with Crippen molar-refractivity contribution in [2.75, 3.05) is 13.7 Å². The van der Waals surface area contributed by atoms with Gasteiger partial charge in [-0.05, 0) is 37.5 Å². The number of pyridine rings is 1. The van der Waals surface area contributed by atoms with E-state index in [1.165, 1.54) is 0 Å². The van der Waals surface area contributed by atoms with Crippen molar-refractivity contribution in [3.8, 4) is 0 Å². The predicted molar refractivity (Wildman–Crippen MR) is 114 cm³/mol. The molecular weight excluding hydrogens is 364 g/mol. The molecule has 0 saturated carbocycles. The number of carbonyl (C=O) groups excluding carboxylic acids is 2. The normalized spacial score (nSPS) is 11.9. The van der Waals surface area contributed by atoms with Gasteiger partial charge in [-0.25, -0.2) is 4.79 Å². The summed E-state index contributed by atoms with van der Waals surface area (Å²) in [6.07, 6.45) is 0.715. The fourth-order valence-corrected chi connectivity index (χ4v) is 3.44. The summed E-state index contributed by atoms with van der Waals surface area (Å²) in [6.45, 7) is 5.52. The Morgan fingerprint density at radius 3 is 2.41 bits per heavy atom. The molecule has 3 rings (SSSR count). The SMILES string of the molecule is CCc1nc2ccccc2c(C(=O)OCC(=O)N(C)C(C)c2ccccc2)c1C. The van der Waals surface area contributed by atoms with E-state index in [-0.39, 0.29) is 18.6 Å². The highest BCUT2D eigenvalue weighted by atomic mass is 16.5. The number of esters is 1. The van der Waals surface area contributed by atoms with Crippen LogP contribution in [0.25, 0.3) is 10.9 Å². The molecule has 1 amide bonds. The van der Waals surface area contributed by atoms with Crippen molar-refractivity contribution in [1.29, 1.82) is 0 Å². The lowest BCUT2D eigenvalue weighted by Gasteiger charge is -2.25. The molecule has 0 N–H and O–H groups in total. The molecule has 3 aromatic rings. The zero-order valence-corrected chi connectivity index (χ0v) is 17.3. The number of likely N-dealkylation sites (N-methyl/N-ethyl adjacent to an activating group) is 1. The van der Waals surface area contributed by atoms with Crippen LogP contribution in [0.2, 0.25) is 0 Å². The highest BCUT2D eigenvalue weighted by Crippen LogP contribution is 2.24. The van der Waals surface area contributed by atoms with E-state index in [4.69, 9.17) is 4.74 Å². The second-order valence-electron chi connectivity index (χ2n) is 7.10. The average molecular weight is 390 g/mol. The first-order valence-electron chi connectivity index (χ1n) is 9.80. The van der Waals surface area contributed by atoms with Crippen LogP contribution in [0.5, 0.6) is 0 Å². The molecule has 0 spiro atoms. The molecule has 1 atom stereocenters. The molecule has 1 unspecified atom stereocenters. The lowest BCUT2D eigenvalue weighted by atomic mass is 10.0. The molecule has 0 aliphatic carbocycles. The van der Waals surface area contributed by atoms with E-state index >= 15 is 0 Å². The summed E-state index contributed by atoms with van der Waals surface area (Å²) in [4.78, 5) is 31.7. The molecule has 0 radical (unpaired) electrons. The summed E-state index contributed by atoms with van der Waals surface area (Å²) in [6, 6.07) is 17.1. The number of para-hydroxylation sites is 1. The summed E-state index contributed by atoms with van der Waals surface area (Å²) in [5, 5.41) is 0.741. The van der Waals surface area contributed by atoms with E-state index in [2.05, 4.69) is 4.98 Å². The number of aryl methyl sites for hydroxylation is 1. The summed E-state index contributed by atoms with van der Waals surface area (Å²) in [5.74, 6) is -0.744. The summed E-state index contributed by atoms with van der Waals surface area (Å²) in [5.41, 5.74) is 3.92. The van der Waals surface area contributed by atoms with Gasteiger partial charge in [0.15, 0.2) is 6.61 Å². The molecule has 0 bridgehead atoms. The second-order valence-corrected chi connectivity index (χ2v) is 7.10. The number of rotatable bonds is 6. The largest absolute Gasteiger partial charge is 0.452 e. The van der Waals surface area contributed by atoms with Gasteiger partial charge in [-0.3, -0.25) is 9.78 Å². The first-order chi connectivity index (χ1) is 13.9. The van der Waals surface area contributed by atoms with Crippen molar-refractivity contribution in [3.63, 3.8) is 0 Å². The smallest absolute Gasteiger partial charge is 0.339 e. The molecule has 0 aliphatic rings. The number of carbonyl (C=O) groups is 2. The van der Waals surface area contributed by atoms with E-state index in [0.717, 1.165) is 27.7 Å². The van der Waals surface area contributed by atoms with Crippen LogP contribution in [-0.2, 0) is 16.0 Å². The summed E-state index contributed by atoms with van der Waals surface area (Å²) in [7, 11) is 1.72. The molecule has 29 heavy (non-hydrogen) atoms. The van der Waals surface area contributed by atoms with Crippen molar-refractivity contribution >= 4 is 22.8 Å². The number of aromatic nitrogens is 1. The van der Waals surface area contributed by atoms with Gasteiger partial charge in [-0.1, -0.05) is 55.5 Å². The van der Waals surface area contributed by atoms with E-state index in [0.29, 0.717) is 12.0 Å². The molecule has 5 heteroatoms. The molecule has 1 aromatic heterocycles. The number of amides is 1. The van der Waals surface area contributed by atoms with Crippen LogP contribution in [0, 0.1) is 6.92 Å². The number of fused-ring (bicyclic) bond motifs is 1. The maximum absolute atomic E-state index is 12.9. The van der Waals surface area contributed by atoms with Crippen molar-refractivity contribution in [1.82, 2.24) is 9.88 Å². The highest BCUT2D eigenvalue weighted by Gasteiger charge is 2.22. The Morgan fingerprint density at radius 1 is 1.07 bits per heavy atom. The van der Waals surface area contributed by atoms with Crippen molar-refractivity contribution in [2.45, 2.75) is 33.2 Å². The minimum atomic E-state index is -0.495. The number of nitrogens with zero attached hydrogens (tertiary/aromatic N) is 2. The maximum Gasteiger partial charge on any atom is 0.339 e. The lowest BCUT2D eigenvalue weighted by Crippen LogP contribution is -2.33. The highest BCUT2D eigenvalue weighted by molar-refractivity contribution is 6.05. The van der Waals surface area contributed by atoms with E-state index in [1.54, 1.807) is 11.9 Å². The Hall–Kier alpha value is -3.21. The minimum absolute atomic E-state index is 0.113. The monoisotopic (exact) mass is 390 g/mol. The quantitative estimate of drug-likeness (QED) is 0.582. The van der Waals surface area contributed by atoms with Gasteiger partial charge >= 0.3 is 5.97 Å². The standard InChI is InChI=1S/C24H26N2O3/c1-5-20-16(2)23(19-13-9-10-14-21(19)25-20)24(28)29-15-22(27)26(4)17(3)18-11-7-6-8-12-18/h6-14,17H,5,15H2,1-4H3. The van der Waals surface area contributed by atoms with Crippen LogP contribution in [-0.4, -0.2) is 35.4 Å². The molecule has 0 saturated heterocycles. The van der Waals surface area contributed by atoms with Gasteiger partial charge in [-0.2, -0.15) is 0 Å². The Kier molecular flexibility index (Phi) is 6.27. The van der Waals surface area contributed by atoms with Gasteiger partial charge in [0.25, 0.3) is 5.91 Å². The first-order valence-corrected chi connectivity index (χ1v) is 9.80. The van der Waals surface area contributed by atoms with Gasteiger partial charge in [-0.15, -0.1) is 0 Å². The molecule has 150 valence electrons. The van der Waals surface area contributed by atoms with Gasteiger partial charge < -0.3 is 9.64 Å². The van der Waals surface area contributed by atoms with Crippen LogP contribution in [0.4, 0.5) is 0 Å². The van der Waals surface area contributed by atoms with Gasteiger partial charge in [0.05, 0.1) is 17.1 Å². The molecular formula is C24H26N2O3. The third-order valence-corrected chi connectivity index (χ3v) is 5.36. The van der Waals surface area contributed by atoms with Crippen LogP contribution < -0.4 is 0 Å². The zero-order chi connectivity index (χ0) is 21.0. The van der Waals surface area contributed by atoms with Gasteiger partial charge in [0.1, 0.15) is 0 Å². The predicted octanol–water partition coefficient (Wildman–Crippen LogP) is 4.48. The summed E-state index contributed by atoms with van der Waals surface area (Å²) >= 11 is 0. The molecule has 0 fully saturated rings. The third-order valence-electron chi connectivity index (χ3n) is 5.36. The van der Waals surface area contributed by atoms with Gasteiger partial charge in [0, 0.05) is 18.1 Å². The van der Waals surface area contributed by atoms with Crippen molar-refractivity contribution in [3.05, 3.63) is 77.0 Å². The van der Waals surface area contributed by atoms with Gasteiger partial charge in [0.2, 0.25) is 0 Å². The maximum atomic E-state index is 12.9. The Bertz CT molecular complexity index is 1030. The summed E-state index contributed by atoms with van der Waals surface area (Å²) < 4.78 is 5.43. The molecule has 0 aliphatic heterocycles. The number of hydrogen-bond acceptors (Lipinski definition) is 4. The molecule has 5 nitrogen and oxygen atoms in total. The van der Waals surface area contributed by atoms with Crippen LogP contribution in [0.15, 0.2) is 54.6 Å². The van der Waals surface area contributed by atoms with E-state index < -0.39 is 5.97 Å². The first kappa shape index (κ1) is 20.5. The minimum Gasteiger partial charge on any atom is -0.452 e. The van der Waals surface area contributed by atoms with Crippen LogP contribution in [0.3, 0.4) is 0 Å². The van der Waals surface area contributed by atoms with E-state index in [1.807, 2.05) is 75.4 Å². The zero-order valence-electron chi connectivity index (χ0n) is 17.3. The fourth-order valence-electron chi connectivity index (χ4n) is 3.44. The third kappa shape index (κ3) is 4.29. The number of benzene rings is 2.